The fraction of sp³-hybridized carbons (Fsp3) is 0.308. The number of aryl methyl sites for hydroxylation is 1. The van der Waals surface area contributed by atoms with E-state index in [9.17, 15) is 0 Å². The quantitative estimate of drug-likeness (QED) is 0.800. The van der Waals surface area contributed by atoms with Crippen molar-refractivity contribution in [2.75, 3.05) is 6.54 Å². The highest BCUT2D eigenvalue weighted by molar-refractivity contribution is 5.54. The van der Waals surface area contributed by atoms with Crippen LogP contribution < -0.4 is 5.32 Å². The van der Waals surface area contributed by atoms with Gasteiger partial charge in [-0.05, 0) is 19.1 Å². The SMILES string of the molecule is Cc1nc(-c2cccnc2)nc2c1CNCC2. The zero-order valence-corrected chi connectivity index (χ0v) is 9.77. The molecule has 0 unspecified atom stereocenters. The van der Waals surface area contributed by atoms with Crippen LogP contribution in [0.4, 0.5) is 0 Å². The van der Waals surface area contributed by atoms with Crippen LogP contribution in [0.25, 0.3) is 11.4 Å². The number of aromatic nitrogens is 3. The summed E-state index contributed by atoms with van der Waals surface area (Å²) in [7, 11) is 0. The van der Waals surface area contributed by atoms with E-state index in [0.29, 0.717) is 0 Å². The molecule has 0 radical (unpaired) electrons. The Labute approximate surface area is 100 Å². The number of nitrogens with zero attached hydrogens (tertiary/aromatic N) is 3. The zero-order valence-electron chi connectivity index (χ0n) is 9.77. The Morgan fingerprint density at radius 1 is 1.29 bits per heavy atom. The van der Waals surface area contributed by atoms with E-state index >= 15 is 0 Å². The highest BCUT2D eigenvalue weighted by Crippen LogP contribution is 2.20. The van der Waals surface area contributed by atoms with Gasteiger partial charge in [0.2, 0.25) is 0 Å². The topological polar surface area (TPSA) is 50.7 Å². The lowest BCUT2D eigenvalue weighted by molar-refractivity contribution is 0.622. The highest BCUT2D eigenvalue weighted by atomic mass is 14.9. The maximum absolute atomic E-state index is 4.65. The first kappa shape index (κ1) is 10.4. The Morgan fingerprint density at radius 2 is 2.24 bits per heavy atom. The molecule has 2 aromatic heterocycles. The molecule has 0 atom stereocenters. The van der Waals surface area contributed by atoms with E-state index in [4.69, 9.17) is 0 Å². The summed E-state index contributed by atoms with van der Waals surface area (Å²) in [6.07, 6.45) is 4.55. The molecule has 0 spiro atoms. The fourth-order valence-electron chi connectivity index (χ4n) is 2.14. The average molecular weight is 226 g/mol. The van der Waals surface area contributed by atoms with Crippen LogP contribution >= 0.6 is 0 Å². The third-order valence-corrected chi connectivity index (χ3v) is 3.06. The number of nitrogens with one attached hydrogen (secondary N) is 1. The van der Waals surface area contributed by atoms with E-state index < -0.39 is 0 Å². The molecule has 4 nitrogen and oxygen atoms in total. The van der Waals surface area contributed by atoms with Gasteiger partial charge in [0.25, 0.3) is 0 Å². The second-order valence-corrected chi connectivity index (χ2v) is 4.23. The van der Waals surface area contributed by atoms with Gasteiger partial charge >= 0.3 is 0 Å². The molecule has 1 aliphatic heterocycles. The molecular weight excluding hydrogens is 212 g/mol. The summed E-state index contributed by atoms with van der Waals surface area (Å²) >= 11 is 0. The minimum absolute atomic E-state index is 0.788. The fourth-order valence-corrected chi connectivity index (χ4v) is 2.14. The van der Waals surface area contributed by atoms with Gasteiger partial charge in [0.05, 0.1) is 5.69 Å². The molecule has 0 bridgehead atoms. The largest absolute Gasteiger partial charge is 0.312 e. The highest BCUT2D eigenvalue weighted by Gasteiger charge is 2.15. The smallest absolute Gasteiger partial charge is 0.161 e. The molecule has 2 aromatic rings. The molecule has 0 saturated heterocycles. The molecule has 17 heavy (non-hydrogen) atoms. The Kier molecular flexibility index (Phi) is 2.57. The molecule has 0 aromatic carbocycles. The Bertz CT molecular complexity index is 537. The predicted molar refractivity (Wildman–Crippen MR) is 65.4 cm³/mol. The van der Waals surface area contributed by atoms with Crippen LogP contribution in [0.2, 0.25) is 0 Å². The molecule has 0 fully saturated rings. The van der Waals surface area contributed by atoms with Gasteiger partial charge in [-0.15, -0.1) is 0 Å². The maximum Gasteiger partial charge on any atom is 0.161 e. The van der Waals surface area contributed by atoms with E-state index in [-0.39, 0.29) is 0 Å². The average Bonchev–Trinajstić information content (AvgIpc) is 2.40. The van der Waals surface area contributed by atoms with Crippen molar-refractivity contribution < 1.29 is 0 Å². The zero-order chi connectivity index (χ0) is 11.7. The van der Waals surface area contributed by atoms with Crippen molar-refractivity contribution in [3.8, 4) is 11.4 Å². The van der Waals surface area contributed by atoms with Gasteiger partial charge in [0.1, 0.15) is 0 Å². The number of hydrogen-bond donors (Lipinski definition) is 1. The molecule has 3 heterocycles. The summed E-state index contributed by atoms with van der Waals surface area (Å²) in [6, 6.07) is 3.91. The molecule has 0 amide bonds. The van der Waals surface area contributed by atoms with Crippen LogP contribution in [-0.4, -0.2) is 21.5 Å². The minimum Gasteiger partial charge on any atom is -0.312 e. The lowest BCUT2D eigenvalue weighted by atomic mass is 10.1. The van der Waals surface area contributed by atoms with Crippen molar-refractivity contribution >= 4 is 0 Å². The number of fused-ring (bicyclic) bond motifs is 1. The van der Waals surface area contributed by atoms with Crippen molar-refractivity contribution in [1.29, 1.82) is 0 Å². The van der Waals surface area contributed by atoms with Crippen molar-refractivity contribution in [3.63, 3.8) is 0 Å². The summed E-state index contributed by atoms with van der Waals surface area (Å²) in [4.78, 5) is 13.3. The summed E-state index contributed by atoms with van der Waals surface area (Å²) in [5, 5.41) is 3.35. The first-order valence-corrected chi connectivity index (χ1v) is 5.82. The molecule has 3 rings (SSSR count). The van der Waals surface area contributed by atoms with Crippen LogP contribution in [0.3, 0.4) is 0 Å². The summed E-state index contributed by atoms with van der Waals surface area (Å²) in [5.41, 5.74) is 4.48. The summed E-state index contributed by atoms with van der Waals surface area (Å²) in [6.45, 7) is 3.93. The van der Waals surface area contributed by atoms with Gasteiger partial charge in [0, 0.05) is 48.7 Å². The van der Waals surface area contributed by atoms with E-state index in [1.807, 2.05) is 25.3 Å². The van der Waals surface area contributed by atoms with Gasteiger partial charge in [-0.3, -0.25) is 4.98 Å². The summed E-state index contributed by atoms with van der Waals surface area (Å²) in [5.74, 6) is 0.788. The predicted octanol–water partition coefficient (Wildman–Crippen LogP) is 1.49. The van der Waals surface area contributed by atoms with Crippen molar-refractivity contribution in [3.05, 3.63) is 41.5 Å². The molecule has 0 aliphatic carbocycles. The number of pyridine rings is 1. The first-order valence-electron chi connectivity index (χ1n) is 5.82. The normalized spacial score (nSPS) is 14.4. The molecular formula is C13H14N4. The lowest BCUT2D eigenvalue weighted by Crippen LogP contribution is -2.26. The molecule has 1 aliphatic rings. The molecule has 0 saturated carbocycles. The van der Waals surface area contributed by atoms with Gasteiger partial charge in [-0.2, -0.15) is 0 Å². The van der Waals surface area contributed by atoms with E-state index in [1.54, 1.807) is 6.20 Å². The van der Waals surface area contributed by atoms with Gasteiger partial charge in [0.15, 0.2) is 5.82 Å². The van der Waals surface area contributed by atoms with Crippen LogP contribution in [0, 0.1) is 6.92 Å². The van der Waals surface area contributed by atoms with Crippen LogP contribution in [0.5, 0.6) is 0 Å². The monoisotopic (exact) mass is 226 g/mol. The third kappa shape index (κ3) is 1.91. The Morgan fingerprint density at radius 3 is 3.06 bits per heavy atom. The van der Waals surface area contributed by atoms with Crippen molar-refractivity contribution in [2.45, 2.75) is 19.9 Å². The summed E-state index contributed by atoms with van der Waals surface area (Å²) < 4.78 is 0. The Balaban J connectivity index is 2.11. The van der Waals surface area contributed by atoms with E-state index in [0.717, 1.165) is 36.6 Å². The van der Waals surface area contributed by atoms with Gasteiger partial charge < -0.3 is 5.32 Å². The van der Waals surface area contributed by atoms with E-state index in [1.165, 1.54) is 11.3 Å². The number of rotatable bonds is 1. The second kappa shape index (κ2) is 4.22. The number of hydrogen-bond acceptors (Lipinski definition) is 4. The standard InChI is InChI=1S/C13H14N4/c1-9-11-8-15-6-4-12(11)17-13(16-9)10-3-2-5-14-7-10/h2-3,5,7,15H,4,6,8H2,1H3. The minimum atomic E-state index is 0.788. The van der Waals surface area contributed by atoms with Crippen LogP contribution in [0.1, 0.15) is 17.0 Å². The van der Waals surface area contributed by atoms with E-state index in [2.05, 4.69) is 20.3 Å². The van der Waals surface area contributed by atoms with Crippen LogP contribution in [-0.2, 0) is 13.0 Å². The third-order valence-electron chi connectivity index (χ3n) is 3.06. The lowest BCUT2D eigenvalue weighted by Gasteiger charge is -2.18. The van der Waals surface area contributed by atoms with Gasteiger partial charge in [-0.25, -0.2) is 9.97 Å². The first-order chi connectivity index (χ1) is 8.34. The molecule has 1 N–H and O–H groups in total. The van der Waals surface area contributed by atoms with Crippen molar-refractivity contribution in [2.24, 2.45) is 0 Å². The molecule has 4 heteroatoms. The van der Waals surface area contributed by atoms with Crippen molar-refractivity contribution in [1.82, 2.24) is 20.3 Å². The maximum atomic E-state index is 4.65. The molecule has 86 valence electrons. The Hall–Kier alpha value is -1.81. The second-order valence-electron chi connectivity index (χ2n) is 4.23. The van der Waals surface area contributed by atoms with Gasteiger partial charge in [-0.1, -0.05) is 0 Å². The van der Waals surface area contributed by atoms with Crippen LogP contribution in [0.15, 0.2) is 24.5 Å².